The summed E-state index contributed by atoms with van der Waals surface area (Å²) in [6, 6.07) is 32.5. The molecule has 0 amide bonds. The molecule has 0 aliphatic carbocycles. The van der Waals surface area contributed by atoms with Gasteiger partial charge in [-0.15, -0.1) is 0 Å². The molecule has 0 radical (unpaired) electrons. The molecule has 0 unspecified atom stereocenters. The minimum absolute atomic E-state index is 0.294. The fraction of sp³-hybridized carbons (Fsp3) is 0.357. The highest BCUT2D eigenvalue weighted by molar-refractivity contribution is 6.33. The number of rotatable bonds is 20. The molecule has 6 aromatic rings. The highest BCUT2D eigenvalue weighted by Crippen LogP contribution is 2.46. The minimum Gasteiger partial charge on any atom is -0.492 e. The van der Waals surface area contributed by atoms with E-state index in [0.29, 0.717) is 82.7 Å². The molecule has 346 valence electrons. The van der Waals surface area contributed by atoms with E-state index in [9.17, 15) is 0 Å². The van der Waals surface area contributed by atoms with Crippen LogP contribution in [0.3, 0.4) is 0 Å². The maximum Gasteiger partial charge on any atom is 0.137 e. The van der Waals surface area contributed by atoms with E-state index in [4.69, 9.17) is 74.8 Å². The molecule has 0 aromatic heterocycles. The second-order valence-electron chi connectivity index (χ2n) is 17.3. The van der Waals surface area contributed by atoms with Crippen LogP contribution >= 0.6 is 46.4 Å². The number of hydrogen-bond donors (Lipinski definition) is 0. The largest absolute Gasteiger partial charge is 0.492 e. The van der Waals surface area contributed by atoms with Gasteiger partial charge in [0.05, 0.1) is 57.3 Å². The summed E-state index contributed by atoms with van der Waals surface area (Å²) >= 11 is 27.8. The second-order valence-corrected chi connectivity index (χ2v) is 18.9. The predicted octanol–water partition coefficient (Wildman–Crippen LogP) is 14.5. The number of ether oxygens (including phenoxy) is 6. The molecule has 6 aromatic carbocycles. The molecular weight excluding hydrogens is 910 g/mol. The third-order valence-corrected chi connectivity index (χ3v) is 13.8. The standard InChI is InChI=1S/C56H58Cl4O6/c1-5-9-25-61-49-21-15-39(29-45(49)57)55(40-16-22-50(46(58)30-40)62-26-10-6-2)33-37-13-19-44-43(53(37)65-35-55)20-14-38-34-56(36-66-54(38)44,41-17-23-51(47(59)31-41)63-27-11-7-3)42-18-24-52(48(60)32-42)64-28-12-8-4/h13-24,29-34H,5-12,25-28,35-36H2,1-4H3. The first-order chi connectivity index (χ1) is 32.1. The summed E-state index contributed by atoms with van der Waals surface area (Å²) in [5.74, 6) is 4.18. The van der Waals surface area contributed by atoms with E-state index in [1.54, 1.807) is 0 Å². The van der Waals surface area contributed by atoms with Crippen LogP contribution in [-0.2, 0) is 10.8 Å². The van der Waals surface area contributed by atoms with Gasteiger partial charge in [0.1, 0.15) is 47.7 Å². The van der Waals surface area contributed by atoms with Crippen LogP contribution in [0.15, 0.2) is 97.1 Å². The molecule has 2 aliphatic heterocycles. The molecule has 0 fully saturated rings. The Labute approximate surface area is 409 Å². The van der Waals surface area contributed by atoms with Gasteiger partial charge in [-0.3, -0.25) is 0 Å². The Hall–Kier alpha value is -4.72. The second kappa shape index (κ2) is 21.5. The molecule has 66 heavy (non-hydrogen) atoms. The van der Waals surface area contributed by atoms with Crippen LogP contribution in [0.25, 0.3) is 22.9 Å². The van der Waals surface area contributed by atoms with Crippen molar-refractivity contribution in [2.45, 2.75) is 89.9 Å². The number of benzene rings is 6. The van der Waals surface area contributed by atoms with Gasteiger partial charge in [-0.2, -0.15) is 0 Å². The molecule has 2 aliphatic rings. The summed E-state index contributed by atoms with van der Waals surface area (Å²) in [7, 11) is 0. The van der Waals surface area contributed by atoms with E-state index in [2.05, 4.69) is 88.4 Å². The fourth-order valence-corrected chi connectivity index (χ4v) is 9.75. The van der Waals surface area contributed by atoms with Gasteiger partial charge in [0.2, 0.25) is 0 Å². The highest BCUT2D eigenvalue weighted by Gasteiger charge is 2.40. The van der Waals surface area contributed by atoms with Gasteiger partial charge >= 0.3 is 0 Å². The van der Waals surface area contributed by atoms with Crippen molar-refractivity contribution < 1.29 is 28.4 Å². The lowest BCUT2D eigenvalue weighted by Crippen LogP contribution is -2.39. The van der Waals surface area contributed by atoms with Crippen molar-refractivity contribution in [1.29, 1.82) is 0 Å². The molecule has 6 nitrogen and oxygen atoms in total. The molecule has 0 N–H and O–H groups in total. The molecule has 0 spiro atoms. The maximum absolute atomic E-state index is 6.96. The molecule has 2 heterocycles. The lowest BCUT2D eigenvalue weighted by atomic mass is 9.73. The average molecular weight is 969 g/mol. The Morgan fingerprint density at radius 3 is 0.955 bits per heavy atom. The van der Waals surface area contributed by atoms with E-state index in [0.717, 1.165) is 106 Å². The smallest absolute Gasteiger partial charge is 0.137 e. The monoisotopic (exact) mass is 966 g/mol. The van der Waals surface area contributed by atoms with Gasteiger partial charge in [0.15, 0.2) is 0 Å². The summed E-state index contributed by atoms with van der Waals surface area (Å²) in [6.45, 7) is 11.5. The van der Waals surface area contributed by atoms with Crippen LogP contribution < -0.4 is 38.9 Å². The van der Waals surface area contributed by atoms with Crippen LogP contribution in [0.4, 0.5) is 0 Å². The lowest BCUT2D eigenvalue weighted by Gasteiger charge is -2.37. The first kappa shape index (κ1) is 47.8. The third-order valence-electron chi connectivity index (χ3n) is 12.7. The fourth-order valence-electron chi connectivity index (χ4n) is 8.81. The molecule has 0 bridgehead atoms. The van der Waals surface area contributed by atoms with Gasteiger partial charge in [0.25, 0.3) is 0 Å². The lowest BCUT2D eigenvalue weighted by molar-refractivity contribution is 0.266. The molecule has 0 saturated heterocycles. The van der Waals surface area contributed by atoms with Crippen molar-refractivity contribution in [1.82, 2.24) is 0 Å². The van der Waals surface area contributed by atoms with Crippen molar-refractivity contribution in [3.63, 3.8) is 0 Å². The van der Waals surface area contributed by atoms with Crippen molar-refractivity contribution in [2.75, 3.05) is 39.6 Å². The summed E-state index contributed by atoms with van der Waals surface area (Å²) in [5.41, 5.74) is 2.34. The predicted molar refractivity (Wildman–Crippen MR) is 272 cm³/mol. The van der Waals surface area contributed by atoms with Gasteiger partial charge < -0.3 is 28.4 Å². The normalized spacial score (nSPS) is 14.5. The Kier molecular flexibility index (Phi) is 15.6. The third kappa shape index (κ3) is 9.81. The first-order valence-electron chi connectivity index (χ1n) is 23.4. The maximum atomic E-state index is 6.96. The van der Waals surface area contributed by atoms with Gasteiger partial charge in [0, 0.05) is 21.2 Å². The summed E-state index contributed by atoms with van der Waals surface area (Å²) < 4.78 is 38.1. The average Bonchev–Trinajstić information content (AvgIpc) is 3.33. The zero-order valence-electron chi connectivity index (χ0n) is 38.3. The van der Waals surface area contributed by atoms with Gasteiger partial charge in [-0.05, 0) is 109 Å². The van der Waals surface area contributed by atoms with E-state index in [-0.39, 0.29) is 0 Å². The van der Waals surface area contributed by atoms with Crippen LogP contribution in [0.5, 0.6) is 34.5 Å². The van der Waals surface area contributed by atoms with E-state index >= 15 is 0 Å². The summed E-state index contributed by atoms with van der Waals surface area (Å²) in [6.07, 6.45) is 12.5. The van der Waals surface area contributed by atoms with E-state index < -0.39 is 10.8 Å². The molecular formula is C56H58Cl4O6. The minimum atomic E-state index is -0.744. The first-order valence-corrected chi connectivity index (χ1v) is 24.9. The van der Waals surface area contributed by atoms with Gasteiger partial charge in [-0.1, -0.05) is 148 Å². The van der Waals surface area contributed by atoms with Crippen LogP contribution in [0.2, 0.25) is 20.1 Å². The van der Waals surface area contributed by atoms with Crippen LogP contribution in [0, 0.1) is 0 Å². The van der Waals surface area contributed by atoms with E-state index in [1.165, 1.54) is 0 Å². The zero-order chi connectivity index (χ0) is 46.3. The molecule has 0 saturated carbocycles. The quantitative estimate of drug-likeness (QED) is 0.0711. The Balaban J connectivity index is 1.24. The van der Waals surface area contributed by atoms with Crippen molar-refractivity contribution in [3.8, 4) is 34.5 Å². The zero-order valence-corrected chi connectivity index (χ0v) is 41.3. The number of fused-ring (bicyclic) bond motifs is 5. The number of hydrogen-bond acceptors (Lipinski definition) is 6. The van der Waals surface area contributed by atoms with Crippen LogP contribution in [-0.4, -0.2) is 39.6 Å². The molecule has 8 rings (SSSR count). The SMILES string of the molecule is CCCCOc1ccc(C2(c3ccc(OCCCC)c(Cl)c3)C=c3ccc4c5c(ccc4c3OC2)=CC(c2ccc(OCCCC)c(Cl)c2)(c2ccc(OCCCC)c(Cl)c2)CO5)cc1Cl. The van der Waals surface area contributed by atoms with Gasteiger partial charge in [-0.25, -0.2) is 0 Å². The van der Waals surface area contributed by atoms with Crippen molar-refractivity contribution >= 4 is 69.3 Å². The van der Waals surface area contributed by atoms with Crippen LogP contribution in [0.1, 0.15) is 101 Å². The van der Waals surface area contributed by atoms with Crippen molar-refractivity contribution in [2.24, 2.45) is 0 Å². The topological polar surface area (TPSA) is 55.4 Å². The summed E-state index contributed by atoms with van der Waals surface area (Å²) in [4.78, 5) is 0. The Morgan fingerprint density at radius 2 is 0.697 bits per heavy atom. The summed E-state index contributed by atoms with van der Waals surface area (Å²) in [5, 5.41) is 5.93. The number of unbranched alkanes of at least 4 members (excludes halogenated alkanes) is 4. The van der Waals surface area contributed by atoms with E-state index in [1.807, 2.05) is 48.5 Å². The molecule has 10 heteroatoms. The highest BCUT2D eigenvalue weighted by atomic mass is 35.5. The Bertz CT molecular complexity index is 2500. The van der Waals surface area contributed by atoms with Crippen molar-refractivity contribution in [3.05, 3.63) is 150 Å². The molecule has 0 atom stereocenters. The number of halogens is 4. The Morgan fingerprint density at radius 1 is 0.409 bits per heavy atom.